The number of benzene rings is 1. The lowest BCUT2D eigenvalue weighted by Gasteiger charge is -2.14. The van der Waals surface area contributed by atoms with Crippen molar-refractivity contribution in [1.82, 2.24) is 4.98 Å². The van der Waals surface area contributed by atoms with Crippen LogP contribution in [0.2, 0.25) is 0 Å². The summed E-state index contributed by atoms with van der Waals surface area (Å²) in [4.78, 5) is 8.96. The number of anilines is 1. The molecule has 1 heterocycles. The van der Waals surface area contributed by atoms with Crippen molar-refractivity contribution >= 4 is 11.6 Å². The molecule has 0 fully saturated rings. The van der Waals surface area contributed by atoms with E-state index in [1.807, 2.05) is 13.0 Å². The molecule has 0 aliphatic carbocycles. The van der Waals surface area contributed by atoms with E-state index < -0.39 is 0 Å². The number of nitrogens with one attached hydrogen (secondary N) is 1. The molecular weight excluding hydrogens is 284 g/mol. The Morgan fingerprint density at radius 3 is 2.30 bits per heavy atom. The van der Waals surface area contributed by atoms with E-state index in [4.69, 9.17) is 5.73 Å². The second kappa shape index (κ2) is 7.77. The van der Waals surface area contributed by atoms with Crippen molar-refractivity contribution in [2.24, 2.45) is 10.7 Å². The van der Waals surface area contributed by atoms with E-state index in [0.29, 0.717) is 12.5 Å². The van der Waals surface area contributed by atoms with Crippen molar-refractivity contribution in [2.45, 2.75) is 47.1 Å². The summed E-state index contributed by atoms with van der Waals surface area (Å²) in [6, 6.07) is 10.4. The maximum absolute atomic E-state index is 6.08. The third kappa shape index (κ3) is 4.31. The van der Waals surface area contributed by atoms with Gasteiger partial charge in [0.05, 0.1) is 12.2 Å². The summed E-state index contributed by atoms with van der Waals surface area (Å²) >= 11 is 0. The molecule has 0 aliphatic rings. The first-order valence-corrected chi connectivity index (χ1v) is 8.16. The number of aromatic nitrogens is 1. The first kappa shape index (κ1) is 17.0. The number of hydrogen-bond acceptors (Lipinski definition) is 2. The highest BCUT2D eigenvalue weighted by Gasteiger charge is 2.07. The van der Waals surface area contributed by atoms with Gasteiger partial charge in [-0.05, 0) is 49.4 Å². The number of para-hydroxylation sites is 1. The molecule has 0 spiro atoms. The Balaban J connectivity index is 2.15. The Labute approximate surface area is 138 Å². The van der Waals surface area contributed by atoms with E-state index in [9.17, 15) is 0 Å². The third-order valence-corrected chi connectivity index (χ3v) is 4.07. The summed E-state index contributed by atoms with van der Waals surface area (Å²) in [5.74, 6) is 0.431. The smallest absolute Gasteiger partial charge is 0.193 e. The number of hydrogen-bond donors (Lipinski definition) is 2. The summed E-state index contributed by atoms with van der Waals surface area (Å²) in [7, 11) is 0. The first-order valence-electron chi connectivity index (χ1n) is 8.16. The standard InChI is InChI=1S/C19H26N4/c1-5-15-8-7-9-16(6-2)18(15)23-19(20)21-12-17-11-10-13(3)14(4)22-17/h7-11H,5-6,12H2,1-4H3,(H3,20,21,23). The van der Waals surface area contributed by atoms with Crippen LogP contribution in [0.4, 0.5) is 5.69 Å². The van der Waals surface area contributed by atoms with Gasteiger partial charge >= 0.3 is 0 Å². The SMILES string of the molecule is CCc1cccc(CC)c1NC(N)=NCc1ccc(C)c(C)n1. The summed E-state index contributed by atoms with van der Waals surface area (Å²) in [5.41, 5.74) is 12.8. The van der Waals surface area contributed by atoms with Crippen LogP contribution in [0.3, 0.4) is 0 Å². The molecule has 0 bridgehead atoms. The molecule has 0 unspecified atom stereocenters. The maximum Gasteiger partial charge on any atom is 0.193 e. The predicted molar refractivity (Wildman–Crippen MR) is 97.9 cm³/mol. The van der Waals surface area contributed by atoms with Crippen LogP contribution in [0.1, 0.15) is 41.9 Å². The molecule has 1 aromatic heterocycles. The number of rotatable bonds is 5. The largest absolute Gasteiger partial charge is 0.370 e. The van der Waals surface area contributed by atoms with E-state index >= 15 is 0 Å². The molecule has 23 heavy (non-hydrogen) atoms. The van der Waals surface area contributed by atoms with Gasteiger partial charge in [0, 0.05) is 11.4 Å². The van der Waals surface area contributed by atoms with Gasteiger partial charge in [0.2, 0.25) is 0 Å². The van der Waals surface area contributed by atoms with Crippen molar-refractivity contribution < 1.29 is 0 Å². The molecule has 0 atom stereocenters. The summed E-state index contributed by atoms with van der Waals surface area (Å²) < 4.78 is 0. The second-order valence-electron chi connectivity index (χ2n) is 5.69. The topological polar surface area (TPSA) is 63.3 Å². The van der Waals surface area contributed by atoms with Crippen LogP contribution < -0.4 is 11.1 Å². The van der Waals surface area contributed by atoms with Crippen molar-refractivity contribution in [3.05, 3.63) is 58.4 Å². The minimum atomic E-state index is 0.431. The zero-order valence-electron chi connectivity index (χ0n) is 14.5. The molecule has 4 heteroatoms. The van der Waals surface area contributed by atoms with E-state index in [1.165, 1.54) is 16.7 Å². The average Bonchev–Trinajstić information content (AvgIpc) is 2.56. The van der Waals surface area contributed by atoms with Crippen LogP contribution in [-0.4, -0.2) is 10.9 Å². The predicted octanol–water partition coefficient (Wildman–Crippen LogP) is 3.75. The molecule has 3 N–H and O–H groups in total. The lowest BCUT2D eigenvalue weighted by atomic mass is 10.0. The van der Waals surface area contributed by atoms with Crippen molar-refractivity contribution in [3.63, 3.8) is 0 Å². The number of aliphatic imine (C=N–C) groups is 1. The van der Waals surface area contributed by atoms with Gasteiger partial charge in [-0.15, -0.1) is 0 Å². The molecule has 2 rings (SSSR count). The fourth-order valence-corrected chi connectivity index (χ4v) is 2.51. The molecule has 0 saturated heterocycles. The second-order valence-corrected chi connectivity index (χ2v) is 5.69. The Kier molecular flexibility index (Phi) is 5.74. The van der Waals surface area contributed by atoms with Crippen LogP contribution in [-0.2, 0) is 19.4 Å². The van der Waals surface area contributed by atoms with Crippen molar-refractivity contribution in [2.75, 3.05) is 5.32 Å². The Hall–Kier alpha value is -2.36. The van der Waals surface area contributed by atoms with E-state index in [1.54, 1.807) is 0 Å². The van der Waals surface area contributed by atoms with E-state index in [-0.39, 0.29) is 0 Å². The number of nitrogens with two attached hydrogens (primary N) is 1. The molecule has 122 valence electrons. The number of pyridine rings is 1. The Morgan fingerprint density at radius 2 is 1.74 bits per heavy atom. The van der Waals surface area contributed by atoms with Gasteiger partial charge in [-0.3, -0.25) is 4.98 Å². The van der Waals surface area contributed by atoms with Gasteiger partial charge < -0.3 is 11.1 Å². The van der Waals surface area contributed by atoms with Crippen LogP contribution >= 0.6 is 0 Å². The van der Waals surface area contributed by atoms with Crippen LogP contribution in [0, 0.1) is 13.8 Å². The van der Waals surface area contributed by atoms with Crippen LogP contribution in [0.15, 0.2) is 35.3 Å². The maximum atomic E-state index is 6.08. The quantitative estimate of drug-likeness (QED) is 0.653. The zero-order valence-corrected chi connectivity index (χ0v) is 14.5. The lowest BCUT2D eigenvalue weighted by Crippen LogP contribution is -2.24. The first-order chi connectivity index (χ1) is 11.0. The zero-order chi connectivity index (χ0) is 16.8. The van der Waals surface area contributed by atoms with Gasteiger partial charge in [0.25, 0.3) is 0 Å². The normalized spacial score (nSPS) is 11.6. The van der Waals surface area contributed by atoms with Crippen LogP contribution in [0.5, 0.6) is 0 Å². The average molecular weight is 310 g/mol. The lowest BCUT2D eigenvalue weighted by molar-refractivity contribution is 0.955. The van der Waals surface area contributed by atoms with Gasteiger partial charge in [0.15, 0.2) is 5.96 Å². The number of nitrogens with zero attached hydrogens (tertiary/aromatic N) is 2. The molecule has 4 nitrogen and oxygen atoms in total. The molecule has 0 radical (unpaired) electrons. The van der Waals surface area contributed by atoms with Gasteiger partial charge in [-0.25, -0.2) is 4.99 Å². The highest BCUT2D eigenvalue weighted by Crippen LogP contribution is 2.22. The summed E-state index contributed by atoms with van der Waals surface area (Å²) in [6.45, 7) is 8.84. The molecular formula is C19H26N4. The monoisotopic (exact) mass is 310 g/mol. The van der Waals surface area contributed by atoms with Crippen molar-refractivity contribution in [3.8, 4) is 0 Å². The van der Waals surface area contributed by atoms with Gasteiger partial charge in [0.1, 0.15) is 0 Å². The van der Waals surface area contributed by atoms with E-state index in [2.05, 4.69) is 60.3 Å². The molecule has 0 aliphatic heterocycles. The number of aryl methyl sites for hydroxylation is 4. The van der Waals surface area contributed by atoms with Crippen molar-refractivity contribution in [1.29, 1.82) is 0 Å². The molecule has 0 amide bonds. The fraction of sp³-hybridized carbons (Fsp3) is 0.368. The highest BCUT2D eigenvalue weighted by atomic mass is 15.1. The third-order valence-electron chi connectivity index (χ3n) is 4.07. The van der Waals surface area contributed by atoms with Crippen LogP contribution in [0.25, 0.3) is 0 Å². The molecule has 1 aromatic carbocycles. The highest BCUT2D eigenvalue weighted by molar-refractivity contribution is 5.93. The molecule has 2 aromatic rings. The number of guanidine groups is 1. The minimum Gasteiger partial charge on any atom is -0.370 e. The molecule has 0 saturated carbocycles. The van der Waals surface area contributed by atoms with Gasteiger partial charge in [-0.2, -0.15) is 0 Å². The Morgan fingerprint density at radius 1 is 1.09 bits per heavy atom. The van der Waals surface area contributed by atoms with Gasteiger partial charge in [-0.1, -0.05) is 38.1 Å². The summed E-state index contributed by atoms with van der Waals surface area (Å²) in [5, 5.41) is 3.28. The fourth-order valence-electron chi connectivity index (χ4n) is 2.51. The van der Waals surface area contributed by atoms with E-state index in [0.717, 1.165) is 29.9 Å². The Bertz CT molecular complexity index is 682. The summed E-state index contributed by atoms with van der Waals surface area (Å²) in [6.07, 6.45) is 1.92. The minimum absolute atomic E-state index is 0.431.